The molecule has 0 unspecified atom stereocenters. The highest BCUT2D eigenvalue weighted by atomic mass is 16.3. The summed E-state index contributed by atoms with van der Waals surface area (Å²) in [6, 6.07) is 0. The molecule has 0 aromatic carbocycles. The first kappa shape index (κ1) is 11.3. The minimum absolute atomic E-state index is 0.0415. The van der Waals surface area contributed by atoms with Crippen molar-refractivity contribution in [3.63, 3.8) is 0 Å². The van der Waals surface area contributed by atoms with Gasteiger partial charge in [-0.15, -0.1) is 0 Å². The number of aliphatic hydroxyl groups excluding tert-OH is 2. The van der Waals surface area contributed by atoms with Gasteiger partial charge in [0.1, 0.15) is 11.6 Å². The lowest BCUT2D eigenvalue weighted by atomic mass is 10.1. The van der Waals surface area contributed by atoms with Crippen molar-refractivity contribution in [1.29, 1.82) is 0 Å². The van der Waals surface area contributed by atoms with Crippen LogP contribution in [0.25, 0.3) is 0 Å². The molecule has 0 aromatic heterocycles. The van der Waals surface area contributed by atoms with Gasteiger partial charge >= 0.3 is 0 Å². The topological polar surface area (TPSA) is 74.6 Å². The summed E-state index contributed by atoms with van der Waals surface area (Å²) in [6.45, 7) is 1.19. The summed E-state index contributed by atoms with van der Waals surface area (Å²) in [4.78, 5) is 21.3. The van der Waals surface area contributed by atoms with Crippen molar-refractivity contribution in [3.05, 3.63) is 0 Å². The molecule has 0 fully saturated rings. The summed E-state index contributed by atoms with van der Waals surface area (Å²) in [7, 11) is 0. The van der Waals surface area contributed by atoms with Gasteiger partial charge in [-0.1, -0.05) is 0 Å². The molecule has 0 spiro atoms. The molecular formula is C8H14O4. The Labute approximate surface area is 71.2 Å². The van der Waals surface area contributed by atoms with Gasteiger partial charge in [0.2, 0.25) is 0 Å². The van der Waals surface area contributed by atoms with Crippen molar-refractivity contribution in [1.82, 2.24) is 0 Å². The molecule has 0 aliphatic heterocycles. The number of carbonyl (C=O) groups is 2. The smallest absolute Gasteiger partial charge is 0.142 e. The fourth-order valence-electron chi connectivity index (χ4n) is 0.864. The Hall–Kier alpha value is -0.740. The van der Waals surface area contributed by atoms with Crippen LogP contribution >= 0.6 is 0 Å². The molecule has 70 valence electrons. The average molecular weight is 174 g/mol. The maximum atomic E-state index is 10.9. The number of Topliss-reactive ketones (excluding diaryl/α,β-unsaturated/α-hetero) is 2. The molecule has 0 saturated heterocycles. The van der Waals surface area contributed by atoms with E-state index in [9.17, 15) is 9.59 Å². The van der Waals surface area contributed by atoms with Gasteiger partial charge in [-0.3, -0.25) is 9.59 Å². The molecule has 0 heterocycles. The standard InChI is InChI=1S/C8H14O4/c1-6(10)4-8(12)5-7(11)2-3-9/h7,9,11H,2-5H2,1H3/t7-/m1/s1. The zero-order valence-electron chi connectivity index (χ0n) is 7.12. The van der Waals surface area contributed by atoms with Gasteiger partial charge in [-0.05, 0) is 13.3 Å². The van der Waals surface area contributed by atoms with Gasteiger partial charge in [-0.2, -0.15) is 0 Å². The quantitative estimate of drug-likeness (QED) is 0.540. The third-order valence-electron chi connectivity index (χ3n) is 1.37. The average Bonchev–Trinajstić information content (AvgIpc) is 1.84. The number of hydrogen-bond donors (Lipinski definition) is 2. The molecular weight excluding hydrogens is 160 g/mol. The van der Waals surface area contributed by atoms with Crippen LogP contribution in [0.4, 0.5) is 0 Å². The van der Waals surface area contributed by atoms with Gasteiger partial charge in [-0.25, -0.2) is 0 Å². The summed E-state index contributed by atoms with van der Waals surface area (Å²) in [5.41, 5.74) is 0. The van der Waals surface area contributed by atoms with E-state index in [1.165, 1.54) is 6.92 Å². The Morgan fingerprint density at radius 2 is 2.00 bits per heavy atom. The van der Waals surface area contributed by atoms with Crippen molar-refractivity contribution >= 4 is 11.6 Å². The van der Waals surface area contributed by atoms with Crippen molar-refractivity contribution in [2.24, 2.45) is 0 Å². The van der Waals surface area contributed by atoms with E-state index in [0.29, 0.717) is 0 Å². The van der Waals surface area contributed by atoms with Gasteiger partial charge in [0.25, 0.3) is 0 Å². The molecule has 0 saturated carbocycles. The SMILES string of the molecule is CC(=O)CC(=O)C[C@H](O)CCO. The summed E-state index contributed by atoms with van der Waals surface area (Å²) >= 11 is 0. The molecule has 0 rings (SSSR count). The monoisotopic (exact) mass is 174 g/mol. The highest BCUT2D eigenvalue weighted by Gasteiger charge is 2.11. The molecule has 0 bridgehead atoms. The third-order valence-corrected chi connectivity index (χ3v) is 1.37. The number of carbonyl (C=O) groups excluding carboxylic acids is 2. The number of rotatable bonds is 6. The van der Waals surface area contributed by atoms with E-state index in [1.54, 1.807) is 0 Å². The summed E-state index contributed by atoms with van der Waals surface area (Å²) in [5, 5.41) is 17.4. The molecule has 4 heteroatoms. The van der Waals surface area contributed by atoms with Crippen LogP contribution in [0.1, 0.15) is 26.2 Å². The van der Waals surface area contributed by atoms with E-state index in [0.717, 1.165) is 0 Å². The van der Waals surface area contributed by atoms with E-state index < -0.39 is 6.10 Å². The number of ketones is 2. The molecule has 0 radical (unpaired) electrons. The lowest BCUT2D eigenvalue weighted by Crippen LogP contribution is -2.16. The second-order valence-corrected chi connectivity index (χ2v) is 2.79. The lowest BCUT2D eigenvalue weighted by molar-refractivity contribution is -0.127. The number of aliphatic hydroxyl groups is 2. The van der Waals surface area contributed by atoms with Crippen LogP contribution in [-0.2, 0) is 9.59 Å². The van der Waals surface area contributed by atoms with Crippen LogP contribution in [0, 0.1) is 0 Å². The van der Waals surface area contributed by atoms with E-state index in [-0.39, 0.29) is 37.4 Å². The van der Waals surface area contributed by atoms with Crippen LogP contribution < -0.4 is 0 Å². The van der Waals surface area contributed by atoms with Crippen molar-refractivity contribution in [3.8, 4) is 0 Å². The Morgan fingerprint density at radius 1 is 1.42 bits per heavy atom. The van der Waals surface area contributed by atoms with Gasteiger partial charge in [0.05, 0.1) is 12.5 Å². The van der Waals surface area contributed by atoms with Crippen LogP contribution in [0.5, 0.6) is 0 Å². The van der Waals surface area contributed by atoms with E-state index in [2.05, 4.69) is 0 Å². The first-order chi connectivity index (χ1) is 5.56. The summed E-state index contributed by atoms with van der Waals surface area (Å²) in [6.07, 6.45) is -0.798. The van der Waals surface area contributed by atoms with Crippen molar-refractivity contribution < 1.29 is 19.8 Å². The predicted octanol–water partition coefficient (Wildman–Crippen LogP) is -0.332. The molecule has 0 aliphatic rings. The van der Waals surface area contributed by atoms with Gasteiger partial charge < -0.3 is 10.2 Å². The maximum Gasteiger partial charge on any atom is 0.142 e. The molecule has 4 nitrogen and oxygen atoms in total. The van der Waals surface area contributed by atoms with Gasteiger partial charge in [0, 0.05) is 13.0 Å². The zero-order valence-corrected chi connectivity index (χ0v) is 7.12. The van der Waals surface area contributed by atoms with Crippen molar-refractivity contribution in [2.75, 3.05) is 6.61 Å². The molecule has 0 aliphatic carbocycles. The van der Waals surface area contributed by atoms with Crippen LogP contribution in [0.2, 0.25) is 0 Å². The highest BCUT2D eigenvalue weighted by Crippen LogP contribution is 2.00. The minimum atomic E-state index is -0.818. The van der Waals surface area contributed by atoms with Crippen LogP contribution in [0.15, 0.2) is 0 Å². The van der Waals surface area contributed by atoms with Crippen molar-refractivity contribution in [2.45, 2.75) is 32.3 Å². The van der Waals surface area contributed by atoms with Crippen LogP contribution in [0.3, 0.4) is 0 Å². The largest absolute Gasteiger partial charge is 0.396 e. The molecule has 1 atom stereocenters. The third kappa shape index (κ3) is 6.00. The first-order valence-corrected chi connectivity index (χ1v) is 3.86. The summed E-state index contributed by atoms with van der Waals surface area (Å²) in [5.74, 6) is -0.473. The van der Waals surface area contributed by atoms with E-state index >= 15 is 0 Å². The van der Waals surface area contributed by atoms with Gasteiger partial charge in [0.15, 0.2) is 0 Å². The summed E-state index contributed by atoms with van der Waals surface area (Å²) < 4.78 is 0. The lowest BCUT2D eigenvalue weighted by Gasteiger charge is -2.05. The highest BCUT2D eigenvalue weighted by molar-refractivity contribution is 5.98. The molecule has 0 aromatic rings. The zero-order chi connectivity index (χ0) is 9.56. The normalized spacial score (nSPS) is 12.6. The molecule has 12 heavy (non-hydrogen) atoms. The Bertz CT molecular complexity index is 164. The van der Waals surface area contributed by atoms with Crippen LogP contribution in [-0.4, -0.2) is 34.5 Å². The second kappa shape index (κ2) is 5.85. The fourth-order valence-corrected chi connectivity index (χ4v) is 0.864. The minimum Gasteiger partial charge on any atom is -0.396 e. The van der Waals surface area contributed by atoms with E-state index in [1.807, 2.05) is 0 Å². The Balaban J connectivity index is 3.61. The second-order valence-electron chi connectivity index (χ2n) is 2.79. The number of hydrogen-bond acceptors (Lipinski definition) is 4. The maximum absolute atomic E-state index is 10.9. The first-order valence-electron chi connectivity index (χ1n) is 3.86. The predicted molar refractivity (Wildman–Crippen MR) is 42.6 cm³/mol. The molecule has 2 N–H and O–H groups in total. The fraction of sp³-hybridized carbons (Fsp3) is 0.750. The Kier molecular flexibility index (Phi) is 5.49. The molecule has 0 amide bonds. The van der Waals surface area contributed by atoms with E-state index in [4.69, 9.17) is 10.2 Å². The Morgan fingerprint density at radius 3 is 2.42 bits per heavy atom.